The van der Waals surface area contributed by atoms with Crippen LogP contribution in [-0.4, -0.2) is 66.9 Å². The fourth-order valence-electron chi connectivity index (χ4n) is 2.71. The van der Waals surface area contributed by atoms with Crippen molar-refractivity contribution in [1.82, 2.24) is 9.80 Å². The second-order valence-corrected chi connectivity index (χ2v) is 7.28. The van der Waals surface area contributed by atoms with Crippen molar-refractivity contribution in [3.63, 3.8) is 0 Å². The minimum absolute atomic E-state index is 0.387. The molecule has 1 aliphatic rings. The van der Waals surface area contributed by atoms with Gasteiger partial charge < -0.3 is 14.7 Å². The van der Waals surface area contributed by atoms with Crippen LogP contribution in [0.1, 0.15) is 18.7 Å². The Labute approximate surface area is 132 Å². The van der Waals surface area contributed by atoms with Gasteiger partial charge >= 0.3 is 0 Å². The minimum Gasteiger partial charge on any atom is -0.389 e. The topological polar surface area (TPSA) is 35.9 Å². The van der Waals surface area contributed by atoms with Gasteiger partial charge in [-0.3, -0.25) is 4.90 Å². The van der Waals surface area contributed by atoms with E-state index in [2.05, 4.69) is 29.7 Å². The molecule has 1 atom stereocenters. The van der Waals surface area contributed by atoms with Gasteiger partial charge in [0, 0.05) is 44.1 Å². The zero-order chi connectivity index (χ0) is 15.1. The van der Waals surface area contributed by atoms with E-state index in [-0.39, 0.29) is 6.10 Å². The normalized spacial score (nSPS) is 19.2. The molecule has 0 saturated carbocycles. The molecule has 0 radical (unpaired) electrons. The minimum atomic E-state index is -0.387. The number of hydrogen-bond donors (Lipinski definition) is 1. The molecule has 21 heavy (non-hydrogen) atoms. The van der Waals surface area contributed by atoms with Crippen molar-refractivity contribution < 1.29 is 9.84 Å². The Morgan fingerprint density at radius 3 is 2.43 bits per heavy atom. The second-order valence-electron chi connectivity index (χ2n) is 6.24. The summed E-state index contributed by atoms with van der Waals surface area (Å²) >= 11 is 1.69. The van der Waals surface area contributed by atoms with Crippen LogP contribution in [0, 0.1) is 5.92 Å². The summed E-state index contributed by atoms with van der Waals surface area (Å²) in [6, 6.07) is 4.08. The van der Waals surface area contributed by atoms with Crippen molar-refractivity contribution in [3.05, 3.63) is 22.4 Å². The third-order valence-corrected chi connectivity index (χ3v) is 4.54. The molecule has 0 aliphatic carbocycles. The maximum Gasteiger partial charge on any atom is 0.0900 e. The number of hydrogen-bond acceptors (Lipinski definition) is 5. The Morgan fingerprint density at radius 1 is 1.19 bits per heavy atom. The molecule has 120 valence electrons. The number of rotatable bonds is 8. The first-order valence-corrected chi connectivity index (χ1v) is 8.74. The zero-order valence-electron chi connectivity index (χ0n) is 13.2. The maximum atomic E-state index is 10.1. The third kappa shape index (κ3) is 6.45. The molecule has 0 spiro atoms. The Hall–Kier alpha value is -0.460. The van der Waals surface area contributed by atoms with E-state index >= 15 is 0 Å². The largest absolute Gasteiger partial charge is 0.389 e. The highest BCUT2D eigenvalue weighted by molar-refractivity contribution is 7.09. The van der Waals surface area contributed by atoms with Gasteiger partial charge in [-0.05, 0) is 17.4 Å². The average molecular weight is 312 g/mol. The first kappa shape index (κ1) is 16.9. The number of nitrogens with zero attached hydrogens (tertiary/aromatic N) is 2. The fourth-order valence-corrected chi connectivity index (χ4v) is 3.35. The van der Waals surface area contributed by atoms with Gasteiger partial charge in [0.15, 0.2) is 0 Å². The van der Waals surface area contributed by atoms with Crippen LogP contribution in [0.2, 0.25) is 0 Å². The van der Waals surface area contributed by atoms with Crippen molar-refractivity contribution in [1.29, 1.82) is 0 Å². The van der Waals surface area contributed by atoms with Gasteiger partial charge in [-0.2, -0.15) is 0 Å². The van der Waals surface area contributed by atoms with Crippen molar-refractivity contribution in [2.75, 3.05) is 45.9 Å². The average Bonchev–Trinajstić information content (AvgIpc) is 2.93. The molecular formula is C16H28N2O2S. The molecule has 1 aromatic heterocycles. The molecule has 0 aromatic carbocycles. The summed E-state index contributed by atoms with van der Waals surface area (Å²) < 4.78 is 5.58. The van der Waals surface area contributed by atoms with Crippen LogP contribution in [0.15, 0.2) is 17.5 Å². The number of β-amino-alcohol motifs (C(OH)–C–C–N with tert-alkyl or cyclic N) is 1. The molecule has 1 aromatic rings. The predicted molar refractivity (Wildman–Crippen MR) is 87.7 cm³/mol. The van der Waals surface area contributed by atoms with Gasteiger partial charge in [0.2, 0.25) is 0 Å². The number of ether oxygens (including phenoxy) is 1. The van der Waals surface area contributed by atoms with Gasteiger partial charge in [-0.1, -0.05) is 19.9 Å². The number of aliphatic hydroxyl groups excluding tert-OH is 1. The van der Waals surface area contributed by atoms with Gasteiger partial charge in [0.05, 0.1) is 19.3 Å². The molecule has 1 saturated heterocycles. The molecule has 4 nitrogen and oxygen atoms in total. The molecule has 1 unspecified atom stereocenters. The highest BCUT2D eigenvalue weighted by atomic mass is 32.1. The van der Waals surface area contributed by atoms with Crippen molar-refractivity contribution in [2.24, 2.45) is 5.92 Å². The summed E-state index contributed by atoms with van der Waals surface area (Å²) in [5, 5.41) is 12.1. The summed E-state index contributed by atoms with van der Waals surface area (Å²) in [4.78, 5) is 6.07. The lowest BCUT2D eigenvalue weighted by Crippen LogP contribution is -2.49. The zero-order valence-corrected chi connectivity index (χ0v) is 14.0. The van der Waals surface area contributed by atoms with Gasteiger partial charge in [-0.15, -0.1) is 11.3 Å². The third-order valence-electron chi connectivity index (χ3n) is 3.69. The summed E-state index contributed by atoms with van der Waals surface area (Å²) in [6.45, 7) is 11.8. The van der Waals surface area contributed by atoms with E-state index < -0.39 is 0 Å². The molecule has 2 rings (SSSR count). The van der Waals surface area contributed by atoms with E-state index in [4.69, 9.17) is 4.74 Å². The molecule has 1 fully saturated rings. The summed E-state index contributed by atoms with van der Waals surface area (Å²) in [5.41, 5.74) is 0. The first-order valence-electron chi connectivity index (χ1n) is 7.86. The van der Waals surface area contributed by atoms with Crippen LogP contribution in [0.3, 0.4) is 0 Å². The highest BCUT2D eigenvalue weighted by Gasteiger charge is 2.19. The molecule has 2 heterocycles. The fraction of sp³-hybridized carbons (Fsp3) is 0.750. The number of thiophene rings is 1. The van der Waals surface area contributed by atoms with E-state index in [1.165, 1.54) is 11.4 Å². The van der Waals surface area contributed by atoms with Gasteiger partial charge in [0.1, 0.15) is 0 Å². The Morgan fingerprint density at radius 2 is 1.86 bits per heavy atom. The van der Waals surface area contributed by atoms with Crippen LogP contribution < -0.4 is 0 Å². The van der Waals surface area contributed by atoms with Gasteiger partial charge in [0.25, 0.3) is 0 Å². The highest BCUT2D eigenvalue weighted by Crippen LogP contribution is 2.10. The lowest BCUT2D eigenvalue weighted by atomic mass is 10.2. The van der Waals surface area contributed by atoms with Crippen LogP contribution in [0.4, 0.5) is 0 Å². The standard InChI is InChI=1S/C16H28N2O2S/c1-14(2)10-17-5-7-18(8-6-17)11-15(19)12-20-13-16-4-3-9-21-16/h3-4,9,14-15,19H,5-8,10-13H2,1-2H3. The van der Waals surface area contributed by atoms with E-state index in [1.807, 2.05) is 11.4 Å². The molecule has 1 N–H and O–H groups in total. The van der Waals surface area contributed by atoms with Crippen molar-refractivity contribution in [3.8, 4) is 0 Å². The summed E-state index contributed by atoms with van der Waals surface area (Å²) in [6.07, 6.45) is -0.387. The van der Waals surface area contributed by atoms with Crippen molar-refractivity contribution >= 4 is 11.3 Å². The molecule has 5 heteroatoms. The molecule has 0 bridgehead atoms. The lowest BCUT2D eigenvalue weighted by Gasteiger charge is -2.36. The van der Waals surface area contributed by atoms with Crippen LogP contribution >= 0.6 is 11.3 Å². The van der Waals surface area contributed by atoms with E-state index in [9.17, 15) is 5.11 Å². The molecule has 0 amide bonds. The Bertz CT molecular complexity index is 376. The quantitative estimate of drug-likeness (QED) is 0.795. The Kier molecular flexibility index (Phi) is 7.13. The molecule has 1 aliphatic heterocycles. The second kappa shape index (κ2) is 8.86. The van der Waals surface area contributed by atoms with E-state index in [0.717, 1.165) is 38.6 Å². The lowest BCUT2D eigenvalue weighted by molar-refractivity contribution is 0.00140. The monoisotopic (exact) mass is 312 g/mol. The van der Waals surface area contributed by atoms with E-state index in [1.54, 1.807) is 11.3 Å². The summed E-state index contributed by atoms with van der Waals surface area (Å²) in [7, 11) is 0. The SMILES string of the molecule is CC(C)CN1CCN(CC(O)COCc2cccs2)CC1. The number of piperazine rings is 1. The smallest absolute Gasteiger partial charge is 0.0900 e. The maximum absolute atomic E-state index is 10.1. The van der Waals surface area contributed by atoms with Crippen molar-refractivity contribution in [2.45, 2.75) is 26.6 Å². The van der Waals surface area contributed by atoms with Gasteiger partial charge in [-0.25, -0.2) is 0 Å². The summed E-state index contributed by atoms with van der Waals surface area (Å²) in [5.74, 6) is 0.729. The van der Waals surface area contributed by atoms with E-state index in [0.29, 0.717) is 13.2 Å². The Balaban J connectivity index is 1.57. The molecular weight excluding hydrogens is 284 g/mol. The van der Waals surface area contributed by atoms with Crippen LogP contribution in [0.25, 0.3) is 0 Å². The predicted octanol–water partition coefficient (Wildman–Crippen LogP) is 1.90. The number of aliphatic hydroxyl groups is 1. The first-order chi connectivity index (χ1) is 10.1. The van der Waals surface area contributed by atoms with Crippen LogP contribution in [-0.2, 0) is 11.3 Å². The van der Waals surface area contributed by atoms with Crippen LogP contribution in [0.5, 0.6) is 0 Å².